The number of hydrogen-bond acceptors (Lipinski definition) is 5. The standard InChI is InChI=1S/C27H36N4O3S/c1-5-30(6-2)13-10-14-31(27(35)28-18-20-11-8-7-9-12-20)19-22-15-21-16-24(33-3)25(34-4)17-23(21)29-26(22)32/h7-9,11-12,15-17H,5-6,10,13-14,18-19H2,1-4H3,(H,28,35)(H,29,32). The first-order chi connectivity index (χ1) is 17.0. The fraction of sp³-hybridized carbons (Fsp3) is 0.407. The Morgan fingerprint density at radius 1 is 1.00 bits per heavy atom. The van der Waals surface area contributed by atoms with Crippen LogP contribution in [0.1, 0.15) is 31.4 Å². The molecule has 0 amide bonds. The Labute approximate surface area is 213 Å². The largest absolute Gasteiger partial charge is 0.493 e. The van der Waals surface area contributed by atoms with Crippen molar-refractivity contribution in [1.29, 1.82) is 0 Å². The maximum absolute atomic E-state index is 13.0. The Kier molecular flexibility index (Phi) is 9.93. The van der Waals surface area contributed by atoms with Crippen LogP contribution in [-0.2, 0) is 13.1 Å². The quantitative estimate of drug-likeness (QED) is 0.365. The zero-order chi connectivity index (χ0) is 25.2. The van der Waals surface area contributed by atoms with E-state index in [1.54, 1.807) is 20.3 Å². The maximum atomic E-state index is 13.0. The smallest absolute Gasteiger partial charge is 0.253 e. The second-order valence-electron chi connectivity index (χ2n) is 8.36. The predicted molar refractivity (Wildman–Crippen MR) is 146 cm³/mol. The number of nitrogens with one attached hydrogen (secondary N) is 2. The highest BCUT2D eigenvalue weighted by atomic mass is 32.1. The summed E-state index contributed by atoms with van der Waals surface area (Å²) in [6.45, 7) is 9.16. The van der Waals surface area contributed by atoms with Gasteiger partial charge in [0.25, 0.3) is 5.56 Å². The van der Waals surface area contributed by atoms with Crippen LogP contribution in [0, 0.1) is 0 Å². The number of rotatable bonds is 12. The Hall–Kier alpha value is -3.10. The van der Waals surface area contributed by atoms with E-state index in [0.717, 1.165) is 43.5 Å². The Bertz CT molecular complexity index is 1160. The van der Waals surface area contributed by atoms with Gasteiger partial charge in [-0.2, -0.15) is 0 Å². The van der Waals surface area contributed by atoms with E-state index in [-0.39, 0.29) is 5.56 Å². The number of pyridine rings is 1. The molecule has 2 aromatic carbocycles. The zero-order valence-electron chi connectivity index (χ0n) is 21.1. The van der Waals surface area contributed by atoms with Crippen LogP contribution in [-0.4, -0.2) is 60.3 Å². The lowest BCUT2D eigenvalue weighted by Crippen LogP contribution is -2.41. The van der Waals surface area contributed by atoms with Gasteiger partial charge < -0.3 is 29.6 Å². The number of nitrogens with zero attached hydrogens (tertiary/aromatic N) is 2. The highest BCUT2D eigenvalue weighted by Crippen LogP contribution is 2.31. The van der Waals surface area contributed by atoms with E-state index in [9.17, 15) is 4.79 Å². The lowest BCUT2D eigenvalue weighted by molar-refractivity contribution is 0.279. The van der Waals surface area contributed by atoms with Gasteiger partial charge >= 0.3 is 0 Å². The number of ether oxygens (including phenoxy) is 2. The lowest BCUT2D eigenvalue weighted by atomic mass is 10.1. The number of aromatic amines is 1. The Balaban J connectivity index is 1.82. The normalized spacial score (nSPS) is 11.0. The molecule has 2 N–H and O–H groups in total. The van der Waals surface area contributed by atoms with Crippen LogP contribution < -0.4 is 20.3 Å². The van der Waals surface area contributed by atoms with Gasteiger partial charge in [0, 0.05) is 30.1 Å². The molecule has 0 unspecified atom stereocenters. The molecule has 35 heavy (non-hydrogen) atoms. The fourth-order valence-electron chi connectivity index (χ4n) is 4.06. The molecule has 0 bridgehead atoms. The number of benzene rings is 2. The third kappa shape index (κ3) is 7.19. The number of methoxy groups -OCH3 is 2. The topological polar surface area (TPSA) is 69.8 Å². The van der Waals surface area contributed by atoms with E-state index in [1.807, 2.05) is 30.3 Å². The molecule has 0 aliphatic rings. The van der Waals surface area contributed by atoms with Crippen molar-refractivity contribution < 1.29 is 9.47 Å². The summed E-state index contributed by atoms with van der Waals surface area (Å²) in [6.07, 6.45) is 0.950. The summed E-state index contributed by atoms with van der Waals surface area (Å²) < 4.78 is 10.8. The molecule has 3 rings (SSSR count). The van der Waals surface area contributed by atoms with Crippen LogP contribution in [0.15, 0.2) is 53.3 Å². The number of hydrogen-bond donors (Lipinski definition) is 2. The molecule has 0 aliphatic heterocycles. The Morgan fingerprint density at radius 3 is 2.34 bits per heavy atom. The van der Waals surface area contributed by atoms with Gasteiger partial charge in [-0.15, -0.1) is 0 Å². The summed E-state index contributed by atoms with van der Waals surface area (Å²) in [4.78, 5) is 20.4. The zero-order valence-corrected chi connectivity index (χ0v) is 21.9. The van der Waals surface area contributed by atoms with Gasteiger partial charge in [-0.3, -0.25) is 4.79 Å². The SMILES string of the molecule is CCN(CC)CCCN(Cc1cc2cc(OC)c(OC)cc2[nH]c1=O)C(=S)NCc1ccccc1. The van der Waals surface area contributed by atoms with Crippen LogP contribution >= 0.6 is 12.2 Å². The first-order valence-electron chi connectivity index (χ1n) is 12.1. The molecule has 188 valence electrons. The van der Waals surface area contributed by atoms with Crippen molar-refractivity contribution >= 4 is 28.2 Å². The second-order valence-corrected chi connectivity index (χ2v) is 8.75. The van der Waals surface area contributed by atoms with Gasteiger partial charge in [-0.05, 0) is 56.0 Å². The molecular weight excluding hydrogens is 460 g/mol. The molecule has 0 saturated heterocycles. The number of aromatic nitrogens is 1. The monoisotopic (exact) mass is 496 g/mol. The third-order valence-electron chi connectivity index (χ3n) is 6.16. The van der Waals surface area contributed by atoms with Crippen molar-refractivity contribution in [1.82, 2.24) is 20.1 Å². The van der Waals surface area contributed by atoms with Crippen LogP contribution in [0.2, 0.25) is 0 Å². The lowest BCUT2D eigenvalue weighted by Gasteiger charge is -2.27. The van der Waals surface area contributed by atoms with Gasteiger partial charge in [-0.1, -0.05) is 44.2 Å². The van der Waals surface area contributed by atoms with E-state index < -0.39 is 0 Å². The molecule has 3 aromatic rings. The van der Waals surface area contributed by atoms with Crippen molar-refractivity contribution in [2.75, 3.05) is 40.4 Å². The summed E-state index contributed by atoms with van der Waals surface area (Å²) in [5.41, 5.74) is 2.37. The van der Waals surface area contributed by atoms with Crippen molar-refractivity contribution in [3.63, 3.8) is 0 Å². The van der Waals surface area contributed by atoms with E-state index >= 15 is 0 Å². The minimum absolute atomic E-state index is 0.135. The minimum atomic E-state index is -0.135. The molecule has 0 saturated carbocycles. The predicted octanol–water partition coefficient (Wildman–Crippen LogP) is 4.15. The molecule has 1 heterocycles. The number of thiocarbonyl (C=S) groups is 1. The van der Waals surface area contributed by atoms with Gasteiger partial charge in [0.2, 0.25) is 0 Å². The highest BCUT2D eigenvalue weighted by molar-refractivity contribution is 7.80. The molecule has 1 aromatic heterocycles. The summed E-state index contributed by atoms with van der Waals surface area (Å²) in [5.74, 6) is 1.20. The summed E-state index contributed by atoms with van der Waals surface area (Å²) in [5, 5.41) is 4.89. The molecule has 0 atom stereocenters. The first kappa shape index (κ1) is 26.5. The van der Waals surface area contributed by atoms with Crippen LogP contribution in [0.5, 0.6) is 11.5 Å². The molecule has 8 heteroatoms. The molecule has 0 fully saturated rings. The van der Waals surface area contributed by atoms with Crippen LogP contribution in [0.25, 0.3) is 10.9 Å². The van der Waals surface area contributed by atoms with Crippen LogP contribution in [0.4, 0.5) is 0 Å². The van der Waals surface area contributed by atoms with E-state index in [1.165, 1.54) is 0 Å². The van der Waals surface area contributed by atoms with E-state index in [2.05, 4.69) is 46.1 Å². The van der Waals surface area contributed by atoms with Crippen molar-refractivity contribution in [2.24, 2.45) is 0 Å². The first-order valence-corrected chi connectivity index (χ1v) is 12.5. The van der Waals surface area contributed by atoms with Gasteiger partial charge in [0.1, 0.15) is 0 Å². The summed E-state index contributed by atoms with van der Waals surface area (Å²) >= 11 is 5.77. The molecule has 7 nitrogen and oxygen atoms in total. The van der Waals surface area contributed by atoms with E-state index in [4.69, 9.17) is 21.7 Å². The molecule has 0 spiro atoms. The summed E-state index contributed by atoms with van der Waals surface area (Å²) in [6, 6.07) is 15.7. The molecule has 0 radical (unpaired) electrons. The van der Waals surface area contributed by atoms with Crippen molar-refractivity contribution in [2.45, 2.75) is 33.4 Å². The van der Waals surface area contributed by atoms with Gasteiger partial charge in [-0.25, -0.2) is 0 Å². The van der Waals surface area contributed by atoms with Crippen molar-refractivity contribution in [3.8, 4) is 11.5 Å². The third-order valence-corrected chi connectivity index (χ3v) is 6.56. The van der Waals surface area contributed by atoms with Crippen molar-refractivity contribution in [3.05, 3.63) is 70.0 Å². The average Bonchev–Trinajstić information content (AvgIpc) is 2.89. The Morgan fingerprint density at radius 2 is 1.69 bits per heavy atom. The fourth-order valence-corrected chi connectivity index (χ4v) is 4.29. The molecular formula is C27H36N4O3S. The summed E-state index contributed by atoms with van der Waals surface area (Å²) in [7, 11) is 3.18. The molecule has 0 aliphatic carbocycles. The highest BCUT2D eigenvalue weighted by Gasteiger charge is 2.15. The maximum Gasteiger partial charge on any atom is 0.253 e. The van der Waals surface area contributed by atoms with Gasteiger partial charge in [0.05, 0.1) is 26.3 Å². The number of H-pyrrole nitrogens is 1. The van der Waals surface area contributed by atoms with Gasteiger partial charge in [0.15, 0.2) is 16.6 Å². The average molecular weight is 497 g/mol. The second kappa shape index (κ2) is 13.1. The minimum Gasteiger partial charge on any atom is -0.493 e. The van der Waals surface area contributed by atoms with E-state index in [0.29, 0.717) is 40.8 Å². The van der Waals surface area contributed by atoms with Crippen LogP contribution in [0.3, 0.4) is 0 Å². The number of fused-ring (bicyclic) bond motifs is 1.